The quantitative estimate of drug-likeness (QED) is 0.555. The summed E-state index contributed by atoms with van der Waals surface area (Å²) in [5.41, 5.74) is 2.07. The van der Waals surface area contributed by atoms with Gasteiger partial charge in [0.2, 0.25) is 5.91 Å². The summed E-state index contributed by atoms with van der Waals surface area (Å²) in [7, 11) is 0. The lowest BCUT2D eigenvalue weighted by Gasteiger charge is -2.14. The molecule has 0 aliphatic rings. The highest BCUT2D eigenvalue weighted by molar-refractivity contribution is 6.01. The lowest BCUT2D eigenvalue weighted by molar-refractivity contribution is -0.123. The molecular formula is C23H27N3O4. The van der Waals surface area contributed by atoms with Crippen LogP contribution in [0.4, 0.5) is 0 Å². The number of nitrogens with one attached hydrogen (secondary N) is 2. The van der Waals surface area contributed by atoms with Gasteiger partial charge in [0.25, 0.3) is 5.91 Å². The van der Waals surface area contributed by atoms with Crippen LogP contribution in [0.2, 0.25) is 0 Å². The summed E-state index contributed by atoms with van der Waals surface area (Å²) in [6.45, 7) is 8.28. The Morgan fingerprint density at radius 2 is 1.73 bits per heavy atom. The lowest BCUT2D eigenvalue weighted by Crippen LogP contribution is -2.36. The van der Waals surface area contributed by atoms with Gasteiger partial charge in [0.15, 0.2) is 0 Å². The Bertz CT molecular complexity index is 1040. The fourth-order valence-electron chi connectivity index (χ4n) is 3.04. The second-order valence-electron chi connectivity index (χ2n) is 7.49. The van der Waals surface area contributed by atoms with E-state index in [4.69, 9.17) is 9.26 Å². The number of fused-ring (bicyclic) bond motifs is 1. The molecule has 0 aliphatic heterocycles. The van der Waals surface area contributed by atoms with Crippen LogP contribution in [0.15, 0.2) is 40.9 Å². The maximum atomic E-state index is 12.8. The molecule has 0 saturated heterocycles. The summed E-state index contributed by atoms with van der Waals surface area (Å²) in [5, 5.41) is 11.5. The smallest absolute Gasteiger partial charge is 0.255 e. The third-order valence-corrected chi connectivity index (χ3v) is 4.88. The Kier molecular flexibility index (Phi) is 6.72. The van der Waals surface area contributed by atoms with Crippen molar-refractivity contribution in [3.63, 3.8) is 0 Å². The molecule has 0 fully saturated rings. The van der Waals surface area contributed by atoms with E-state index in [1.165, 1.54) is 0 Å². The molecule has 158 valence electrons. The maximum Gasteiger partial charge on any atom is 0.255 e. The van der Waals surface area contributed by atoms with Crippen molar-refractivity contribution in [3.8, 4) is 5.75 Å². The highest BCUT2D eigenvalue weighted by Crippen LogP contribution is 2.27. The van der Waals surface area contributed by atoms with Gasteiger partial charge in [-0.15, -0.1) is 0 Å². The first-order valence-corrected chi connectivity index (χ1v) is 10.00. The van der Waals surface area contributed by atoms with Gasteiger partial charge in [-0.3, -0.25) is 9.59 Å². The SMILES string of the molecule is Cc1noc(C)c1COc1cc2ccccc2cc1C(=O)NCCNC(=O)C(C)C. The number of carbonyl (C=O) groups excluding carboxylic acids is 2. The first-order valence-electron chi connectivity index (χ1n) is 10.00. The molecule has 3 rings (SSSR count). The molecule has 2 aromatic carbocycles. The fraction of sp³-hybridized carbons (Fsp3) is 0.348. The van der Waals surface area contributed by atoms with Crippen LogP contribution >= 0.6 is 0 Å². The molecule has 1 aromatic heterocycles. The van der Waals surface area contributed by atoms with Crippen molar-refractivity contribution in [2.45, 2.75) is 34.3 Å². The number of aromatic nitrogens is 1. The van der Waals surface area contributed by atoms with E-state index in [0.29, 0.717) is 30.2 Å². The summed E-state index contributed by atoms with van der Waals surface area (Å²) < 4.78 is 11.2. The normalized spacial score (nSPS) is 11.0. The fourth-order valence-corrected chi connectivity index (χ4v) is 3.04. The van der Waals surface area contributed by atoms with Crippen molar-refractivity contribution in [1.82, 2.24) is 15.8 Å². The minimum absolute atomic E-state index is 0.0431. The van der Waals surface area contributed by atoms with E-state index in [1.807, 2.05) is 64.1 Å². The number of aryl methyl sites for hydroxylation is 2. The van der Waals surface area contributed by atoms with Crippen LogP contribution < -0.4 is 15.4 Å². The minimum Gasteiger partial charge on any atom is -0.488 e. The number of hydrogen-bond donors (Lipinski definition) is 2. The molecule has 0 spiro atoms. The highest BCUT2D eigenvalue weighted by atomic mass is 16.5. The Labute approximate surface area is 175 Å². The molecule has 1 heterocycles. The van der Waals surface area contributed by atoms with E-state index in [0.717, 1.165) is 22.0 Å². The second kappa shape index (κ2) is 9.43. The number of benzene rings is 2. The zero-order chi connectivity index (χ0) is 21.7. The largest absolute Gasteiger partial charge is 0.488 e. The number of nitrogens with zero attached hydrogens (tertiary/aromatic N) is 1. The number of rotatable bonds is 8. The Hall–Kier alpha value is -3.35. The highest BCUT2D eigenvalue weighted by Gasteiger charge is 2.16. The predicted octanol–water partition coefficient (Wildman–Crippen LogP) is 3.53. The van der Waals surface area contributed by atoms with E-state index < -0.39 is 0 Å². The third kappa shape index (κ3) is 4.97. The van der Waals surface area contributed by atoms with Gasteiger partial charge >= 0.3 is 0 Å². The average Bonchev–Trinajstić information content (AvgIpc) is 3.05. The van der Waals surface area contributed by atoms with E-state index >= 15 is 0 Å². The van der Waals surface area contributed by atoms with Gasteiger partial charge in [0.05, 0.1) is 16.8 Å². The molecule has 7 heteroatoms. The van der Waals surface area contributed by atoms with Crippen LogP contribution in [-0.2, 0) is 11.4 Å². The molecule has 2 amide bonds. The second-order valence-corrected chi connectivity index (χ2v) is 7.49. The number of ether oxygens (including phenoxy) is 1. The first kappa shape index (κ1) is 21.4. The Morgan fingerprint density at radius 1 is 1.07 bits per heavy atom. The number of carbonyl (C=O) groups is 2. The Morgan fingerprint density at radius 3 is 2.37 bits per heavy atom. The molecule has 0 bridgehead atoms. The molecule has 0 unspecified atom stereocenters. The average molecular weight is 409 g/mol. The molecule has 30 heavy (non-hydrogen) atoms. The number of amides is 2. The minimum atomic E-state index is -0.256. The summed E-state index contributed by atoms with van der Waals surface area (Å²) in [5.74, 6) is 0.787. The maximum absolute atomic E-state index is 12.8. The number of hydrogen-bond acceptors (Lipinski definition) is 5. The molecule has 0 aliphatic carbocycles. The van der Waals surface area contributed by atoms with E-state index in [-0.39, 0.29) is 24.3 Å². The van der Waals surface area contributed by atoms with Crippen molar-refractivity contribution in [1.29, 1.82) is 0 Å². The van der Waals surface area contributed by atoms with Gasteiger partial charge < -0.3 is 19.9 Å². The van der Waals surface area contributed by atoms with Gasteiger partial charge in [-0.1, -0.05) is 43.3 Å². The van der Waals surface area contributed by atoms with E-state index in [9.17, 15) is 9.59 Å². The lowest BCUT2D eigenvalue weighted by atomic mass is 10.1. The van der Waals surface area contributed by atoms with Crippen LogP contribution in [0.3, 0.4) is 0 Å². The van der Waals surface area contributed by atoms with Crippen LogP contribution in [-0.4, -0.2) is 30.1 Å². The topological polar surface area (TPSA) is 93.5 Å². The van der Waals surface area contributed by atoms with Crippen LogP contribution in [0, 0.1) is 19.8 Å². The predicted molar refractivity (Wildman–Crippen MR) is 114 cm³/mol. The van der Waals surface area contributed by atoms with Crippen molar-refractivity contribution >= 4 is 22.6 Å². The molecule has 0 atom stereocenters. The molecular weight excluding hydrogens is 382 g/mol. The summed E-state index contributed by atoms with van der Waals surface area (Å²) >= 11 is 0. The van der Waals surface area contributed by atoms with E-state index in [1.54, 1.807) is 0 Å². The van der Waals surface area contributed by atoms with Crippen molar-refractivity contribution in [3.05, 3.63) is 59.0 Å². The summed E-state index contributed by atoms with van der Waals surface area (Å²) in [6, 6.07) is 11.5. The molecule has 0 saturated carbocycles. The molecule has 7 nitrogen and oxygen atoms in total. The van der Waals surface area contributed by atoms with E-state index in [2.05, 4.69) is 15.8 Å². The standard InChI is InChI=1S/C23H27N3O4/c1-14(2)22(27)24-9-10-25-23(28)19-11-17-7-5-6-8-18(17)12-21(19)29-13-20-15(3)26-30-16(20)4/h5-8,11-12,14H,9-10,13H2,1-4H3,(H,24,27)(H,25,28). The van der Waals surface area contributed by atoms with Gasteiger partial charge in [0, 0.05) is 19.0 Å². The van der Waals surface area contributed by atoms with Gasteiger partial charge in [-0.25, -0.2) is 0 Å². The zero-order valence-electron chi connectivity index (χ0n) is 17.7. The van der Waals surface area contributed by atoms with Gasteiger partial charge in [0.1, 0.15) is 18.1 Å². The van der Waals surface area contributed by atoms with Gasteiger partial charge in [-0.05, 0) is 36.8 Å². The molecule has 3 aromatic rings. The van der Waals surface area contributed by atoms with Crippen molar-refractivity contribution in [2.24, 2.45) is 5.92 Å². The molecule has 0 radical (unpaired) electrons. The monoisotopic (exact) mass is 409 g/mol. The summed E-state index contributed by atoms with van der Waals surface area (Å²) in [4.78, 5) is 24.5. The van der Waals surface area contributed by atoms with Crippen molar-refractivity contribution < 1.29 is 18.8 Å². The van der Waals surface area contributed by atoms with Crippen LogP contribution in [0.25, 0.3) is 10.8 Å². The van der Waals surface area contributed by atoms with Gasteiger partial charge in [-0.2, -0.15) is 0 Å². The summed E-state index contributed by atoms with van der Waals surface area (Å²) in [6.07, 6.45) is 0. The molecule has 2 N–H and O–H groups in total. The zero-order valence-corrected chi connectivity index (χ0v) is 17.7. The van der Waals surface area contributed by atoms with Crippen molar-refractivity contribution in [2.75, 3.05) is 13.1 Å². The first-order chi connectivity index (χ1) is 14.4. The van der Waals surface area contributed by atoms with Crippen LogP contribution in [0.5, 0.6) is 5.75 Å². The van der Waals surface area contributed by atoms with Crippen LogP contribution in [0.1, 0.15) is 41.2 Å². The third-order valence-electron chi connectivity index (χ3n) is 4.88. The Balaban J connectivity index is 1.76.